The summed E-state index contributed by atoms with van der Waals surface area (Å²) in [7, 11) is 0. The number of benzene rings is 4. The molecule has 4 aromatic rings. The van der Waals surface area contributed by atoms with Crippen molar-refractivity contribution >= 4 is 18.1 Å². The zero-order chi connectivity index (χ0) is 28.2. The van der Waals surface area contributed by atoms with Crippen molar-refractivity contribution in [3.05, 3.63) is 108 Å². The molecule has 40 heavy (non-hydrogen) atoms. The van der Waals surface area contributed by atoms with Crippen LogP contribution >= 0.6 is 0 Å². The van der Waals surface area contributed by atoms with E-state index in [2.05, 4.69) is 10.5 Å². The summed E-state index contributed by atoms with van der Waals surface area (Å²) in [4.78, 5) is 24.8. The van der Waals surface area contributed by atoms with Gasteiger partial charge in [0.25, 0.3) is 5.91 Å². The summed E-state index contributed by atoms with van der Waals surface area (Å²) in [5.41, 5.74) is 5.63. The van der Waals surface area contributed by atoms with Crippen LogP contribution < -0.4 is 24.4 Å². The summed E-state index contributed by atoms with van der Waals surface area (Å²) in [6.45, 7) is 4.44. The topological polar surface area (TPSA) is 95.5 Å². The molecule has 0 saturated carbocycles. The molecule has 1 N–H and O–H groups in total. The van der Waals surface area contributed by atoms with E-state index in [4.69, 9.17) is 18.9 Å². The molecule has 0 aliphatic carbocycles. The van der Waals surface area contributed by atoms with E-state index in [-0.39, 0.29) is 12.4 Å². The molecule has 0 aliphatic rings. The average Bonchev–Trinajstić information content (AvgIpc) is 2.99. The molecule has 4 aromatic carbocycles. The van der Waals surface area contributed by atoms with Crippen LogP contribution in [-0.2, 0) is 4.79 Å². The highest BCUT2D eigenvalue weighted by atomic mass is 16.6. The van der Waals surface area contributed by atoms with E-state index in [1.165, 1.54) is 6.21 Å². The Balaban J connectivity index is 1.30. The fourth-order valence-corrected chi connectivity index (χ4v) is 3.70. The SMILES string of the molecule is CCOc1ccc(C(=O)Oc2ccc(C=NNC(=O)COc3ccc(-c4ccccc4)cc3)cc2OCC)cc1. The van der Waals surface area contributed by atoms with Gasteiger partial charge in [-0.25, -0.2) is 10.2 Å². The molecule has 0 aliphatic heterocycles. The standard InChI is InChI=1S/C32H30N2O6/c1-3-37-27-17-13-26(14-18-27)32(36)40-29-19-10-23(20-30(29)38-4-2)21-33-34-31(35)22-39-28-15-11-25(12-16-28)24-8-6-5-7-9-24/h5-21H,3-4,22H2,1-2H3,(H,34,35). The Kier molecular flexibility index (Phi) is 9.88. The first-order chi connectivity index (χ1) is 19.6. The maximum Gasteiger partial charge on any atom is 0.343 e. The molecular weight excluding hydrogens is 508 g/mol. The molecule has 0 unspecified atom stereocenters. The first kappa shape index (κ1) is 27.9. The van der Waals surface area contributed by atoms with E-state index in [1.807, 2.05) is 68.4 Å². The number of carbonyl (C=O) groups is 2. The Hall–Kier alpha value is -5.11. The molecule has 1 amide bonds. The van der Waals surface area contributed by atoms with Crippen molar-refractivity contribution in [2.24, 2.45) is 5.10 Å². The molecule has 0 saturated heterocycles. The third-order valence-electron chi connectivity index (χ3n) is 5.61. The van der Waals surface area contributed by atoms with Gasteiger partial charge < -0.3 is 18.9 Å². The van der Waals surface area contributed by atoms with Gasteiger partial charge in [-0.05, 0) is 85.1 Å². The molecule has 0 bridgehead atoms. The average molecular weight is 539 g/mol. The lowest BCUT2D eigenvalue weighted by atomic mass is 10.1. The summed E-state index contributed by atoms with van der Waals surface area (Å²) in [5, 5.41) is 3.99. The molecule has 4 rings (SSSR count). The van der Waals surface area contributed by atoms with Crippen LogP contribution in [0.2, 0.25) is 0 Å². The molecular formula is C32H30N2O6. The first-order valence-electron chi connectivity index (χ1n) is 12.9. The van der Waals surface area contributed by atoms with E-state index in [1.54, 1.807) is 42.5 Å². The highest BCUT2D eigenvalue weighted by molar-refractivity contribution is 5.92. The van der Waals surface area contributed by atoms with Crippen molar-refractivity contribution in [3.63, 3.8) is 0 Å². The van der Waals surface area contributed by atoms with Crippen molar-refractivity contribution in [1.29, 1.82) is 0 Å². The van der Waals surface area contributed by atoms with Crippen molar-refractivity contribution in [3.8, 4) is 34.1 Å². The van der Waals surface area contributed by atoms with Gasteiger partial charge in [-0.15, -0.1) is 0 Å². The molecule has 0 spiro atoms. The fourth-order valence-electron chi connectivity index (χ4n) is 3.70. The van der Waals surface area contributed by atoms with Crippen LogP contribution in [0.3, 0.4) is 0 Å². The monoisotopic (exact) mass is 538 g/mol. The fraction of sp³-hybridized carbons (Fsp3) is 0.156. The number of hydrogen-bond acceptors (Lipinski definition) is 7. The van der Waals surface area contributed by atoms with E-state index < -0.39 is 11.9 Å². The van der Waals surface area contributed by atoms with Crippen LogP contribution in [-0.4, -0.2) is 37.9 Å². The van der Waals surface area contributed by atoms with Gasteiger partial charge in [-0.3, -0.25) is 4.79 Å². The lowest BCUT2D eigenvalue weighted by molar-refractivity contribution is -0.123. The number of nitrogens with one attached hydrogen (secondary N) is 1. The molecule has 0 atom stereocenters. The van der Waals surface area contributed by atoms with Crippen LogP contribution in [0.5, 0.6) is 23.0 Å². The number of rotatable bonds is 12. The van der Waals surface area contributed by atoms with Crippen LogP contribution in [0.4, 0.5) is 0 Å². The van der Waals surface area contributed by atoms with Gasteiger partial charge in [0.2, 0.25) is 0 Å². The Labute approximate surface area is 233 Å². The van der Waals surface area contributed by atoms with Crippen molar-refractivity contribution < 1.29 is 28.5 Å². The Morgan fingerprint density at radius 2 is 1.38 bits per heavy atom. The number of ether oxygens (including phenoxy) is 4. The van der Waals surface area contributed by atoms with Crippen molar-refractivity contribution in [1.82, 2.24) is 5.43 Å². The predicted octanol–water partition coefficient (Wildman–Crippen LogP) is 5.90. The van der Waals surface area contributed by atoms with Gasteiger partial charge in [0.15, 0.2) is 18.1 Å². The van der Waals surface area contributed by atoms with Gasteiger partial charge in [-0.2, -0.15) is 5.10 Å². The summed E-state index contributed by atoms with van der Waals surface area (Å²) in [6, 6.07) is 29.2. The molecule has 8 heteroatoms. The number of nitrogens with zero attached hydrogens (tertiary/aromatic N) is 1. The second-order valence-electron chi connectivity index (χ2n) is 8.46. The minimum absolute atomic E-state index is 0.188. The Bertz CT molecular complexity index is 1430. The largest absolute Gasteiger partial charge is 0.494 e. The van der Waals surface area contributed by atoms with Crippen molar-refractivity contribution in [2.45, 2.75) is 13.8 Å². The third kappa shape index (κ3) is 7.94. The summed E-state index contributed by atoms with van der Waals surface area (Å²) in [5.74, 6) is 0.971. The highest BCUT2D eigenvalue weighted by Crippen LogP contribution is 2.29. The molecule has 8 nitrogen and oxygen atoms in total. The van der Waals surface area contributed by atoms with E-state index in [0.29, 0.717) is 41.6 Å². The Morgan fingerprint density at radius 3 is 2.08 bits per heavy atom. The van der Waals surface area contributed by atoms with E-state index in [0.717, 1.165) is 11.1 Å². The van der Waals surface area contributed by atoms with Crippen LogP contribution in [0, 0.1) is 0 Å². The highest BCUT2D eigenvalue weighted by Gasteiger charge is 2.13. The third-order valence-corrected chi connectivity index (χ3v) is 5.61. The minimum atomic E-state index is -0.521. The van der Waals surface area contributed by atoms with Gasteiger partial charge in [0.1, 0.15) is 11.5 Å². The lowest BCUT2D eigenvalue weighted by Crippen LogP contribution is -2.24. The number of esters is 1. The normalized spacial score (nSPS) is 10.7. The van der Waals surface area contributed by atoms with E-state index in [9.17, 15) is 9.59 Å². The number of amides is 1. The number of hydrogen-bond donors (Lipinski definition) is 1. The number of carbonyl (C=O) groups excluding carboxylic acids is 2. The quantitative estimate of drug-likeness (QED) is 0.104. The van der Waals surface area contributed by atoms with Gasteiger partial charge in [-0.1, -0.05) is 42.5 Å². The van der Waals surface area contributed by atoms with Gasteiger partial charge in [0, 0.05) is 0 Å². The summed E-state index contributed by atoms with van der Waals surface area (Å²) < 4.78 is 22.2. The lowest BCUT2D eigenvalue weighted by Gasteiger charge is -2.11. The molecule has 204 valence electrons. The Morgan fingerprint density at radius 1 is 0.725 bits per heavy atom. The van der Waals surface area contributed by atoms with Crippen LogP contribution in [0.15, 0.2) is 102 Å². The maximum atomic E-state index is 12.6. The zero-order valence-corrected chi connectivity index (χ0v) is 22.3. The molecule has 0 heterocycles. The predicted molar refractivity (Wildman–Crippen MR) is 153 cm³/mol. The molecule has 0 aromatic heterocycles. The molecule has 0 fully saturated rings. The van der Waals surface area contributed by atoms with Gasteiger partial charge >= 0.3 is 5.97 Å². The minimum Gasteiger partial charge on any atom is -0.494 e. The first-order valence-corrected chi connectivity index (χ1v) is 12.9. The summed E-state index contributed by atoms with van der Waals surface area (Å²) in [6.07, 6.45) is 1.47. The zero-order valence-electron chi connectivity index (χ0n) is 22.3. The molecule has 0 radical (unpaired) electrons. The second-order valence-corrected chi connectivity index (χ2v) is 8.46. The van der Waals surface area contributed by atoms with Crippen LogP contribution in [0.25, 0.3) is 11.1 Å². The van der Waals surface area contributed by atoms with E-state index >= 15 is 0 Å². The van der Waals surface area contributed by atoms with Crippen LogP contribution in [0.1, 0.15) is 29.8 Å². The smallest absolute Gasteiger partial charge is 0.343 e. The second kappa shape index (κ2) is 14.2. The summed E-state index contributed by atoms with van der Waals surface area (Å²) >= 11 is 0. The number of hydrazone groups is 1. The maximum absolute atomic E-state index is 12.6. The van der Waals surface area contributed by atoms with Crippen molar-refractivity contribution in [2.75, 3.05) is 19.8 Å². The van der Waals surface area contributed by atoms with Gasteiger partial charge in [0.05, 0.1) is 25.0 Å².